The summed E-state index contributed by atoms with van der Waals surface area (Å²) in [5, 5.41) is 3.67. The van der Waals surface area contributed by atoms with E-state index >= 15 is 0 Å². The Labute approximate surface area is 130 Å². The third-order valence-electron chi connectivity index (χ3n) is 4.71. The van der Waals surface area contributed by atoms with Crippen LogP contribution in [0.3, 0.4) is 0 Å². The van der Waals surface area contributed by atoms with Crippen LogP contribution in [0.25, 0.3) is 0 Å². The zero-order valence-electron chi connectivity index (χ0n) is 14.2. The lowest BCUT2D eigenvalue weighted by atomic mass is 9.87. The molecule has 0 radical (unpaired) electrons. The molecule has 1 fully saturated rings. The molecule has 0 spiro atoms. The van der Waals surface area contributed by atoms with Gasteiger partial charge in [-0.05, 0) is 24.7 Å². The molecule has 1 N–H and O–H groups in total. The largest absolute Gasteiger partial charge is 0.353 e. The molecule has 0 aliphatic heterocycles. The summed E-state index contributed by atoms with van der Waals surface area (Å²) in [7, 11) is 0. The minimum absolute atomic E-state index is 0.346. The lowest BCUT2D eigenvalue weighted by Crippen LogP contribution is -2.26. The Kier molecular flexibility index (Phi) is 6.13. The van der Waals surface area contributed by atoms with E-state index in [0.29, 0.717) is 11.5 Å². The summed E-state index contributed by atoms with van der Waals surface area (Å²) in [5.41, 5.74) is 0.346. The molecule has 21 heavy (non-hydrogen) atoms. The van der Waals surface area contributed by atoms with Crippen molar-refractivity contribution in [1.29, 1.82) is 0 Å². The van der Waals surface area contributed by atoms with E-state index in [1.165, 1.54) is 57.8 Å². The lowest BCUT2D eigenvalue weighted by Gasteiger charge is -2.28. The minimum Gasteiger partial charge on any atom is -0.353 e. The fourth-order valence-corrected chi connectivity index (χ4v) is 3.40. The van der Waals surface area contributed by atoms with Crippen LogP contribution in [-0.4, -0.2) is 15.6 Å². The SMILES string of the molecule is CCCCCC(C)(C)Cn1ccnc1NC1CCCCC1. The highest BCUT2D eigenvalue weighted by Gasteiger charge is 2.21. The van der Waals surface area contributed by atoms with Crippen LogP contribution >= 0.6 is 0 Å². The summed E-state index contributed by atoms with van der Waals surface area (Å²) >= 11 is 0. The highest BCUT2D eigenvalue weighted by molar-refractivity contribution is 5.28. The van der Waals surface area contributed by atoms with E-state index in [4.69, 9.17) is 0 Å². The second-order valence-corrected chi connectivity index (χ2v) is 7.48. The molecular weight excluding hydrogens is 258 g/mol. The molecule has 0 amide bonds. The Balaban J connectivity index is 1.89. The Morgan fingerprint density at radius 2 is 2.00 bits per heavy atom. The fourth-order valence-electron chi connectivity index (χ4n) is 3.40. The maximum Gasteiger partial charge on any atom is 0.203 e. The van der Waals surface area contributed by atoms with Crippen molar-refractivity contribution in [1.82, 2.24) is 9.55 Å². The number of nitrogens with one attached hydrogen (secondary N) is 1. The third kappa shape index (κ3) is 5.37. The molecule has 1 heterocycles. The number of hydrogen-bond acceptors (Lipinski definition) is 2. The first-order valence-corrected chi connectivity index (χ1v) is 8.88. The minimum atomic E-state index is 0.346. The van der Waals surface area contributed by atoms with E-state index < -0.39 is 0 Å². The van der Waals surface area contributed by atoms with Crippen molar-refractivity contribution in [3.05, 3.63) is 12.4 Å². The summed E-state index contributed by atoms with van der Waals surface area (Å²) < 4.78 is 2.32. The zero-order chi connectivity index (χ0) is 15.1. The van der Waals surface area contributed by atoms with Crippen molar-refractivity contribution in [2.45, 2.75) is 91.1 Å². The van der Waals surface area contributed by atoms with E-state index in [1.807, 2.05) is 6.20 Å². The van der Waals surface area contributed by atoms with Crippen molar-refractivity contribution in [2.24, 2.45) is 5.41 Å². The molecule has 1 aromatic rings. The van der Waals surface area contributed by atoms with E-state index in [2.05, 4.69) is 41.8 Å². The smallest absolute Gasteiger partial charge is 0.203 e. The van der Waals surface area contributed by atoms with Crippen LogP contribution in [0.2, 0.25) is 0 Å². The predicted octanol–water partition coefficient (Wildman–Crippen LogP) is 5.23. The van der Waals surface area contributed by atoms with Crippen LogP contribution in [-0.2, 0) is 6.54 Å². The van der Waals surface area contributed by atoms with Gasteiger partial charge in [0.05, 0.1) is 0 Å². The summed E-state index contributed by atoms with van der Waals surface area (Å²) in [5.74, 6) is 1.07. The van der Waals surface area contributed by atoms with Crippen LogP contribution in [0.4, 0.5) is 5.95 Å². The van der Waals surface area contributed by atoms with Crippen LogP contribution in [0, 0.1) is 5.41 Å². The second kappa shape index (κ2) is 7.86. The molecule has 1 aliphatic rings. The van der Waals surface area contributed by atoms with Gasteiger partial charge in [-0.2, -0.15) is 0 Å². The molecule has 3 nitrogen and oxygen atoms in total. The quantitative estimate of drug-likeness (QED) is 0.664. The van der Waals surface area contributed by atoms with Crippen molar-refractivity contribution in [3.8, 4) is 0 Å². The normalized spacial score (nSPS) is 17.1. The van der Waals surface area contributed by atoms with E-state index in [1.54, 1.807) is 0 Å². The van der Waals surface area contributed by atoms with Gasteiger partial charge in [-0.1, -0.05) is 59.3 Å². The van der Waals surface area contributed by atoms with Crippen molar-refractivity contribution < 1.29 is 0 Å². The Morgan fingerprint density at radius 1 is 1.24 bits per heavy atom. The van der Waals surface area contributed by atoms with E-state index in [-0.39, 0.29) is 0 Å². The molecule has 2 rings (SSSR count). The first-order chi connectivity index (χ1) is 10.1. The molecule has 0 unspecified atom stereocenters. The summed E-state index contributed by atoms with van der Waals surface area (Å²) in [6.45, 7) is 8.10. The topological polar surface area (TPSA) is 29.9 Å². The van der Waals surface area contributed by atoms with Gasteiger partial charge in [0, 0.05) is 25.0 Å². The van der Waals surface area contributed by atoms with Gasteiger partial charge in [0.15, 0.2) is 0 Å². The van der Waals surface area contributed by atoms with E-state index in [0.717, 1.165) is 12.5 Å². The van der Waals surface area contributed by atoms with Gasteiger partial charge in [-0.25, -0.2) is 4.98 Å². The lowest BCUT2D eigenvalue weighted by molar-refractivity contribution is 0.272. The van der Waals surface area contributed by atoms with E-state index in [9.17, 15) is 0 Å². The van der Waals surface area contributed by atoms with Gasteiger partial charge in [0.25, 0.3) is 0 Å². The predicted molar refractivity (Wildman–Crippen MR) is 90.6 cm³/mol. The third-order valence-corrected chi connectivity index (χ3v) is 4.71. The number of unbranched alkanes of at least 4 members (excludes halogenated alkanes) is 2. The van der Waals surface area contributed by atoms with Crippen molar-refractivity contribution in [2.75, 3.05) is 5.32 Å². The zero-order valence-corrected chi connectivity index (χ0v) is 14.2. The molecule has 120 valence electrons. The molecule has 1 saturated carbocycles. The van der Waals surface area contributed by atoms with Crippen LogP contribution < -0.4 is 5.32 Å². The molecule has 1 aliphatic carbocycles. The number of rotatable bonds is 8. The van der Waals surface area contributed by atoms with Gasteiger partial charge >= 0.3 is 0 Å². The van der Waals surface area contributed by atoms with Crippen LogP contribution in [0.5, 0.6) is 0 Å². The maximum absolute atomic E-state index is 4.54. The second-order valence-electron chi connectivity index (χ2n) is 7.48. The van der Waals surface area contributed by atoms with Gasteiger partial charge in [0.1, 0.15) is 0 Å². The Bertz CT molecular complexity index is 402. The number of hydrogen-bond donors (Lipinski definition) is 1. The summed E-state index contributed by atoms with van der Waals surface area (Å²) in [6.07, 6.45) is 16.1. The first-order valence-electron chi connectivity index (χ1n) is 8.88. The van der Waals surface area contributed by atoms with Gasteiger partial charge in [-0.3, -0.25) is 0 Å². The summed E-state index contributed by atoms with van der Waals surface area (Å²) in [4.78, 5) is 4.54. The molecule has 0 bridgehead atoms. The van der Waals surface area contributed by atoms with Crippen LogP contribution in [0.15, 0.2) is 12.4 Å². The average Bonchev–Trinajstić information content (AvgIpc) is 2.86. The highest BCUT2D eigenvalue weighted by Crippen LogP contribution is 2.28. The molecule has 0 saturated heterocycles. The Morgan fingerprint density at radius 3 is 2.71 bits per heavy atom. The fraction of sp³-hybridized carbons (Fsp3) is 0.833. The standard InChI is InChI=1S/C18H33N3/c1-4-5-9-12-18(2,3)15-21-14-13-19-17(21)20-16-10-7-6-8-11-16/h13-14,16H,4-12,15H2,1-3H3,(H,19,20). The van der Waals surface area contributed by atoms with Gasteiger partial charge < -0.3 is 9.88 Å². The molecular formula is C18H33N3. The Hall–Kier alpha value is -0.990. The van der Waals surface area contributed by atoms with Gasteiger partial charge in [-0.15, -0.1) is 0 Å². The number of aromatic nitrogens is 2. The number of nitrogens with zero attached hydrogens (tertiary/aromatic N) is 2. The maximum atomic E-state index is 4.54. The first kappa shape index (κ1) is 16.4. The van der Waals surface area contributed by atoms with Crippen molar-refractivity contribution >= 4 is 5.95 Å². The molecule has 3 heteroatoms. The molecule has 0 atom stereocenters. The molecule has 0 aromatic carbocycles. The number of anilines is 1. The van der Waals surface area contributed by atoms with Gasteiger partial charge in [0.2, 0.25) is 5.95 Å². The highest BCUT2D eigenvalue weighted by atomic mass is 15.2. The average molecular weight is 291 g/mol. The monoisotopic (exact) mass is 291 g/mol. The number of imidazole rings is 1. The van der Waals surface area contributed by atoms with Crippen molar-refractivity contribution in [3.63, 3.8) is 0 Å². The van der Waals surface area contributed by atoms with Crippen LogP contribution in [0.1, 0.15) is 78.6 Å². The summed E-state index contributed by atoms with van der Waals surface area (Å²) in [6, 6.07) is 0.628. The molecule has 1 aromatic heterocycles.